The smallest absolute Gasteiger partial charge is 0.129 e. The average molecular weight is 254 g/mol. The number of rotatable bonds is 4. The van der Waals surface area contributed by atoms with Crippen molar-refractivity contribution in [2.24, 2.45) is 5.41 Å². The van der Waals surface area contributed by atoms with Gasteiger partial charge in [0.15, 0.2) is 0 Å². The summed E-state index contributed by atoms with van der Waals surface area (Å²) in [4.78, 5) is 0. The first kappa shape index (κ1) is 12.7. The van der Waals surface area contributed by atoms with E-state index in [1.54, 1.807) is 13.0 Å². The molecule has 1 aromatic carbocycles. The van der Waals surface area contributed by atoms with E-state index in [1.807, 2.05) is 6.07 Å². The first-order valence-electron chi connectivity index (χ1n) is 6.15. The molecule has 3 heteroatoms. The lowest BCUT2D eigenvalue weighted by atomic mass is 9.90. The molecule has 1 aliphatic carbocycles. The summed E-state index contributed by atoms with van der Waals surface area (Å²) in [5.41, 5.74) is 0.854. The van der Waals surface area contributed by atoms with Gasteiger partial charge in [-0.2, -0.15) is 12.6 Å². The molecule has 0 heterocycles. The molecule has 0 aliphatic heterocycles. The molecular weight excluding hydrogens is 235 g/mol. The molecule has 0 saturated heterocycles. The van der Waals surface area contributed by atoms with E-state index in [-0.39, 0.29) is 11.2 Å². The van der Waals surface area contributed by atoms with Gasteiger partial charge in [-0.05, 0) is 37.1 Å². The van der Waals surface area contributed by atoms with Gasteiger partial charge < -0.3 is 4.74 Å². The number of hydrogen-bond donors (Lipinski definition) is 1. The van der Waals surface area contributed by atoms with Crippen molar-refractivity contribution in [1.29, 1.82) is 0 Å². The van der Waals surface area contributed by atoms with Crippen molar-refractivity contribution in [2.75, 3.05) is 12.4 Å². The van der Waals surface area contributed by atoms with E-state index in [2.05, 4.69) is 12.6 Å². The fourth-order valence-electron chi connectivity index (χ4n) is 2.37. The second-order valence-corrected chi connectivity index (χ2v) is 5.38. The van der Waals surface area contributed by atoms with Gasteiger partial charge in [0.25, 0.3) is 0 Å². The maximum Gasteiger partial charge on any atom is 0.129 e. The van der Waals surface area contributed by atoms with Crippen molar-refractivity contribution in [2.45, 2.75) is 32.6 Å². The highest BCUT2D eigenvalue weighted by molar-refractivity contribution is 7.80. The molecule has 1 nitrogen and oxygen atoms in total. The normalized spacial score (nSPS) is 18.3. The Kier molecular flexibility index (Phi) is 3.97. The SMILES string of the molecule is Cc1ccc(OCC2(CS)CCCC2)cc1F. The minimum Gasteiger partial charge on any atom is -0.493 e. The van der Waals surface area contributed by atoms with E-state index in [0.29, 0.717) is 17.9 Å². The minimum atomic E-state index is -0.200. The number of halogens is 1. The fourth-order valence-corrected chi connectivity index (χ4v) is 2.78. The Morgan fingerprint density at radius 3 is 2.65 bits per heavy atom. The van der Waals surface area contributed by atoms with Gasteiger partial charge >= 0.3 is 0 Å². The molecule has 0 bridgehead atoms. The summed E-state index contributed by atoms with van der Waals surface area (Å²) in [6, 6.07) is 5.06. The molecule has 2 rings (SSSR count). The number of hydrogen-bond acceptors (Lipinski definition) is 2. The number of aryl methyl sites for hydroxylation is 1. The van der Waals surface area contributed by atoms with Crippen LogP contribution in [0.25, 0.3) is 0 Å². The van der Waals surface area contributed by atoms with Crippen molar-refractivity contribution in [1.82, 2.24) is 0 Å². The molecule has 1 aromatic rings. The van der Waals surface area contributed by atoms with Crippen LogP contribution in [0.5, 0.6) is 5.75 Å². The van der Waals surface area contributed by atoms with Crippen molar-refractivity contribution in [3.8, 4) is 5.75 Å². The topological polar surface area (TPSA) is 9.23 Å². The van der Waals surface area contributed by atoms with E-state index in [4.69, 9.17) is 4.74 Å². The zero-order chi connectivity index (χ0) is 12.3. The Balaban J connectivity index is 1.99. The lowest BCUT2D eigenvalue weighted by Gasteiger charge is -2.26. The van der Waals surface area contributed by atoms with Gasteiger partial charge in [0, 0.05) is 11.5 Å². The van der Waals surface area contributed by atoms with Crippen LogP contribution in [0, 0.1) is 18.2 Å². The molecule has 1 aliphatic rings. The van der Waals surface area contributed by atoms with Crippen molar-refractivity contribution < 1.29 is 9.13 Å². The van der Waals surface area contributed by atoms with Crippen LogP contribution in [0.2, 0.25) is 0 Å². The van der Waals surface area contributed by atoms with Gasteiger partial charge in [-0.1, -0.05) is 18.9 Å². The summed E-state index contributed by atoms with van der Waals surface area (Å²) >= 11 is 4.43. The maximum absolute atomic E-state index is 13.4. The Bertz CT molecular complexity index is 386. The summed E-state index contributed by atoms with van der Waals surface area (Å²) in [6.45, 7) is 2.41. The van der Waals surface area contributed by atoms with Crippen LogP contribution in [-0.2, 0) is 0 Å². The molecular formula is C14H19FOS. The van der Waals surface area contributed by atoms with Crippen LogP contribution >= 0.6 is 12.6 Å². The van der Waals surface area contributed by atoms with Gasteiger partial charge in [-0.15, -0.1) is 0 Å². The van der Waals surface area contributed by atoms with E-state index in [1.165, 1.54) is 31.7 Å². The number of ether oxygens (including phenoxy) is 1. The van der Waals surface area contributed by atoms with Crippen molar-refractivity contribution in [3.63, 3.8) is 0 Å². The first-order chi connectivity index (χ1) is 8.15. The van der Waals surface area contributed by atoms with Crippen LogP contribution in [0.15, 0.2) is 18.2 Å². The molecule has 0 radical (unpaired) electrons. The van der Waals surface area contributed by atoms with Crippen molar-refractivity contribution >= 4 is 12.6 Å². The molecule has 1 fully saturated rings. The lowest BCUT2D eigenvalue weighted by Crippen LogP contribution is -2.27. The van der Waals surface area contributed by atoms with E-state index in [9.17, 15) is 4.39 Å². The average Bonchev–Trinajstić information content (AvgIpc) is 2.80. The van der Waals surface area contributed by atoms with Gasteiger partial charge in [-0.3, -0.25) is 0 Å². The predicted octanol–water partition coefficient (Wildman–Crippen LogP) is 4.00. The third-order valence-corrected chi connectivity index (χ3v) is 4.36. The Morgan fingerprint density at radius 2 is 2.06 bits per heavy atom. The first-order valence-corrected chi connectivity index (χ1v) is 6.78. The van der Waals surface area contributed by atoms with Gasteiger partial charge in [0.2, 0.25) is 0 Å². The fraction of sp³-hybridized carbons (Fsp3) is 0.571. The second kappa shape index (κ2) is 5.30. The summed E-state index contributed by atoms with van der Waals surface area (Å²) in [5, 5.41) is 0. The highest BCUT2D eigenvalue weighted by atomic mass is 32.1. The molecule has 0 atom stereocenters. The summed E-state index contributed by atoms with van der Waals surface area (Å²) in [5.74, 6) is 1.27. The summed E-state index contributed by atoms with van der Waals surface area (Å²) < 4.78 is 19.1. The quantitative estimate of drug-likeness (QED) is 0.799. The standard InChI is InChI=1S/C14H19FOS/c1-11-4-5-12(8-13(11)15)16-9-14(10-17)6-2-3-7-14/h4-5,8,17H,2-3,6-7,9-10H2,1H3. The van der Waals surface area contributed by atoms with Gasteiger partial charge in [0.05, 0.1) is 6.61 Å². The molecule has 0 unspecified atom stereocenters. The van der Waals surface area contributed by atoms with E-state index in [0.717, 1.165) is 5.75 Å². The van der Waals surface area contributed by atoms with Crippen molar-refractivity contribution in [3.05, 3.63) is 29.6 Å². The number of benzene rings is 1. The Labute approximate surface area is 108 Å². The Morgan fingerprint density at radius 1 is 1.35 bits per heavy atom. The molecule has 94 valence electrons. The highest BCUT2D eigenvalue weighted by Crippen LogP contribution is 2.39. The van der Waals surface area contributed by atoms with Crippen LogP contribution in [-0.4, -0.2) is 12.4 Å². The molecule has 0 amide bonds. The van der Waals surface area contributed by atoms with Crippen LogP contribution in [0.4, 0.5) is 4.39 Å². The molecule has 0 aromatic heterocycles. The second-order valence-electron chi connectivity index (χ2n) is 5.06. The van der Waals surface area contributed by atoms with E-state index < -0.39 is 0 Å². The van der Waals surface area contributed by atoms with E-state index >= 15 is 0 Å². The largest absolute Gasteiger partial charge is 0.493 e. The summed E-state index contributed by atoms with van der Waals surface area (Å²) in [6.07, 6.45) is 4.86. The van der Waals surface area contributed by atoms with Gasteiger partial charge in [0.1, 0.15) is 11.6 Å². The number of thiol groups is 1. The maximum atomic E-state index is 13.4. The van der Waals surface area contributed by atoms with Crippen LogP contribution in [0.3, 0.4) is 0 Å². The highest BCUT2D eigenvalue weighted by Gasteiger charge is 2.33. The third-order valence-electron chi connectivity index (χ3n) is 3.69. The zero-order valence-corrected chi connectivity index (χ0v) is 11.1. The molecule has 17 heavy (non-hydrogen) atoms. The Hall–Kier alpha value is -0.700. The zero-order valence-electron chi connectivity index (χ0n) is 10.2. The third kappa shape index (κ3) is 2.95. The van der Waals surface area contributed by atoms with Crippen LogP contribution < -0.4 is 4.74 Å². The predicted molar refractivity (Wildman–Crippen MR) is 71.4 cm³/mol. The van der Waals surface area contributed by atoms with Crippen LogP contribution in [0.1, 0.15) is 31.2 Å². The lowest BCUT2D eigenvalue weighted by molar-refractivity contribution is 0.172. The monoisotopic (exact) mass is 254 g/mol. The van der Waals surface area contributed by atoms with Gasteiger partial charge in [-0.25, -0.2) is 4.39 Å². The molecule has 1 saturated carbocycles. The summed E-state index contributed by atoms with van der Waals surface area (Å²) in [7, 11) is 0. The minimum absolute atomic E-state index is 0.199. The molecule has 0 spiro atoms. The molecule has 0 N–H and O–H groups in total.